The van der Waals surface area contributed by atoms with Gasteiger partial charge in [0, 0.05) is 47.0 Å². The number of hydrogen-bond donors (Lipinski definition) is 0. The standard InChI is InChI=1S/C21H17BrN4O2S/c1-25-15(11-18(27)26(2)21(25)28)12-29-20-16-5-3-4-6-17(16)23-19(24-20)13-7-9-14(22)10-8-13/h3-11H,12H2,1-2H3. The number of nitrogens with zero attached hydrogens (tertiary/aromatic N) is 4. The third-order valence-corrected chi connectivity index (χ3v) is 6.21. The van der Waals surface area contributed by atoms with Crippen LogP contribution in [-0.4, -0.2) is 19.1 Å². The Kier molecular flexibility index (Phi) is 5.38. The van der Waals surface area contributed by atoms with Crippen molar-refractivity contribution in [3.8, 4) is 11.4 Å². The zero-order valence-electron chi connectivity index (χ0n) is 15.8. The van der Waals surface area contributed by atoms with Gasteiger partial charge in [-0.05, 0) is 18.2 Å². The molecule has 0 N–H and O–H groups in total. The molecule has 4 rings (SSSR count). The van der Waals surface area contributed by atoms with E-state index >= 15 is 0 Å². The number of rotatable bonds is 4. The van der Waals surface area contributed by atoms with Gasteiger partial charge in [-0.1, -0.05) is 58.0 Å². The molecule has 0 unspecified atom stereocenters. The van der Waals surface area contributed by atoms with Crippen LogP contribution in [0.3, 0.4) is 0 Å². The van der Waals surface area contributed by atoms with E-state index in [1.54, 1.807) is 7.05 Å². The molecule has 146 valence electrons. The first-order chi connectivity index (χ1) is 13.9. The van der Waals surface area contributed by atoms with Gasteiger partial charge in [0.2, 0.25) is 0 Å². The highest BCUT2D eigenvalue weighted by Crippen LogP contribution is 2.30. The maximum Gasteiger partial charge on any atom is 0.330 e. The Balaban J connectivity index is 1.76. The van der Waals surface area contributed by atoms with E-state index in [-0.39, 0.29) is 11.2 Å². The molecule has 2 aromatic heterocycles. The highest BCUT2D eigenvalue weighted by Gasteiger charge is 2.12. The predicted octanol–water partition coefficient (Wildman–Crippen LogP) is 3.75. The fourth-order valence-electron chi connectivity index (χ4n) is 2.94. The largest absolute Gasteiger partial charge is 0.330 e. The molecule has 0 fully saturated rings. The molecule has 29 heavy (non-hydrogen) atoms. The third-order valence-electron chi connectivity index (χ3n) is 4.65. The predicted molar refractivity (Wildman–Crippen MR) is 119 cm³/mol. The minimum Gasteiger partial charge on any atom is -0.300 e. The van der Waals surface area contributed by atoms with Crippen LogP contribution in [-0.2, 0) is 19.8 Å². The van der Waals surface area contributed by atoms with Crippen molar-refractivity contribution in [3.05, 3.63) is 85.6 Å². The first kappa shape index (κ1) is 19.6. The average Bonchev–Trinajstić information content (AvgIpc) is 2.74. The van der Waals surface area contributed by atoms with Gasteiger partial charge in [-0.15, -0.1) is 0 Å². The SMILES string of the molecule is Cn1c(CSc2nc(-c3ccc(Br)cc3)nc3ccccc23)cc(=O)n(C)c1=O. The molecular weight excluding hydrogens is 452 g/mol. The molecule has 0 radical (unpaired) electrons. The molecule has 0 aliphatic rings. The zero-order chi connectivity index (χ0) is 20.5. The van der Waals surface area contributed by atoms with Crippen molar-refractivity contribution in [2.45, 2.75) is 10.8 Å². The van der Waals surface area contributed by atoms with Crippen LogP contribution in [0.5, 0.6) is 0 Å². The molecule has 2 aromatic carbocycles. The van der Waals surface area contributed by atoms with Crippen molar-refractivity contribution >= 4 is 38.6 Å². The fourth-order valence-corrected chi connectivity index (χ4v) is 4.25. The monoisotopic (exact) mass is 468 g/mol. The van der Waals surface area contributed by atoms with Gasteiger partial charge in [0.25, 0.3) is 5.56 Å². The van der Waals surface area contributed by atoms with E-state index in [2.05, 4.69) is 15.9 Å². The van der Waals surface area contributed by atoms with E-state index < -0.39 is 0 Å². The number of thioether (sulfide) groups is 1. The van der Waals surface area contributed by atoms with Gasteiger partial charge in [-0.2, -0.15) is 0 Å². The Morgan fingerprint density at radius 1 is 0.966 bits per heavy atom. The minimum absolute atomic E-state index is 0.313. The summed E-state index contributed by atoms with van der Waals surface area (Å²) in [7, 11) is 3.15. The number of hydrogen-bond acceptors (Lipinski definition) is 5. The number of aromatic nitrogens is 4. The van der Waals surface area contributed by atoms with E-state index in [9.17, 15) is 9.59 Å². The van der Waals surface area contributed by atoms with Crippen LogP contribution >= 0.6 is 27.7 Å². The Morgan fingerprint density at radius 3 is 2.45 bits per heavy atom. The van der Waals surface area contributed by atoms with Crippen molar-refractivity contribution in [2.24, 2.45) is 14.1 Å². The van der Waals surface area contributed by atoms with Crippen LogP contribution in [0.1, 0.15) is 5.69 Å². The van der Waals surface area contributed by atoms with Crippen molar-refractivity contribution < 1.29 is 0 Å². The van der Waals surface area contributed by atoms with E-state index in [1.807, 2.05) is 48.5 Å². The Bertz CT molecular complexity index is 1330. The normalized spacial score (nSPS) is 11.1. The number of fused-ring (bicyclic) bond motifs is 1. The molecule has 0 saturated heterocycles. The maximum atomic E-state index is 12.2. The quantitative estimate of drug-likeness (QED) is 0.337. The molecular formula is C21H17BrN4O2S. The maximum absolute atomic E-state index is 12.2. The minimum atomic E-state index is -0.337. The van der Waals surface area contributed by atoms with Crippen LogP contribution < -0.4 is 11.2 Å². The summed E-state index contributed by atoms with van der Waals surface area (Å²) in [6.07, 6.45) is 0. The van der Waals surface area contributed by atoms with Crippen molar-refractivity contribution in [1.82, 2.24) is 19.1 Å². The van der Waals surface area contributed by atoms with E-state index in [1.165, 1.54) is 29.4 Å². The molecule has 0 amide bonds. The number of benzene rings is 2. The van der Waals surface area contributed by atoms with Gasteiger partial charge >= 0.3 is 5.69 Å². The van der Waals surface area contributed by atoms with Crippen LogP contribution in [0.2, 0.25) is 0 Å². The Hall–Kier alpha value is -2.71. The van der Waals surface area contributed by atoms with E-state index in [0.29, 0.717) is 17.3 Å². The summed E-state index contributed by atoms with van der Waals surface area (Å²) in [5.41, 5.74) is 1.77. The second kappa shape index (κ2) is 7.96. The molecule has 0 bridgehead atoms. The molecule has 0 spiro atoms. The average molecular weight is 469 g/mol. The lowest BCUT2D eigenvalue weighted by atomic mass is 10.2. The molecule has 0 aliphatic heterocycles. The topological polar surface area (TPSA) is 69.8 Å². The summed E-state index contributed by atoms with van der Waals surface area (Å²) in [5, 5.41) is 1.74. The number of para-hydroxylation sites is 1. The summed E-state index contributed by atoms with van der Waals surface area (Å²) in [6, 6.07) is 17.2. The van der Waals surface area contributed by atoms with Gasteiger partial charge in [-0.3, -0.25) is 13.9 Å². The van der Waals surface area contributed by atoms with Crippen LogP contribution in [0.25, 0.3) is 22.3 Å². The summed E-state index contributed by atoms with van der Waals surface area (Å²) < 4.78 is 3.58. The highest BCUT2D eigenvalue weighted by atomic mass is 79.9. The Labute approximate surface area is 179 Å². The summed E-state index contributed by atoms with van der Waals surface area (Å²) in [6.45, 7) is 0. The second-order valence-electron chi connectivity index (χ2n) is 6.54. The van der Waals surface area contributed by atoms with Gasteiger partial charge in [-0.25, -0.2) is 14.8 Å². The van der Waals surface area contributed by atoms with E-state index in [4.69, 9.17) is 9.97 Å². The summed E-state index contributed by atoms with van der Waals surface area (Å²) in [4.78, 5) is 33.7. The zero-order valence-corrected chi connectivity index (χ0v) is 18.2. The van der Waals surface area contributed by atoms with Crippen LogP contribution in [0.4, 0.5) is 0 Å². The molecule has 8 heteroatoms. The van der Waals surface area contributed by atoms with Crippen molar-refractivity contribution in [3.63, 3.8) is 0 Å². The summed E-state index contributed by atoms with van der Waals surface area (Å²) in [5.74, 6) is 1.08. The van der Waals surface area contributed by atoms with Crippen molar-refractivity contribution in [2.75, 3.05) is 0 Å². The van der Waals surface area contributed by atoms with Gasteiger partial charge in [0.1, 0.15) is 5.03 Å². The first-order valence-electron chi connectivity index (χ1n) is 8.85. The molecule has 6 nitrogen and oxygen atoms in total. The van der Waals surface area contributed by atoms with Gasteiger partial charge < -0.3 is 0 Å². The van der Waals surface area contributed by atoms with Crippen molar-refractivity contribution in [1.29, 1.82) is 0 Å². The summed E-state index contributed by atoms with van der Waals surface area (Å²) >= 11 is 4.93. The molecule has 0 saturated carbocycles. The lowest BCUT2D eigenvalue weighted by Crippen LogP contribution is -2.37. The molecule has 0 atom stereocenters. The van der Waals surface area contributed by atoms with Gasteiger partial charge in [0.05, 0.1) is 5.52 Å². The lowest BCUT2D eigenvalue weighted by Gasteiger charge is -2.11. The molecule has 2 heterocycles. The lowest BCUT2D eigenvalue weighted by molar-refractivity contribution is 0.665. The number of halogens is 1. The highest BCUT2D eigenvalue weighted by molar-refractivity contribution is 9.10. The fraction of sp³-hybridized carbons (Fsp3) is 0.143. The Morgan fingerprint density at radius 2 is 1.69 bits per heavy atom. The second-order valence-corrected chi connectivity index (χ2v) is 8.42. The van der Waals surface area contributed by atoms with Crippen LogP contribution in [0, 0.1) is 0 Å². The van der Waals surface area contributed by atoms with Gasteiger partial charge in [0.15, 0.2) is 5.82 Å². The molecule has 0 aliphatic carbocycles. The smallest absolute Gasteiger partial charge is 0.300 e. The van der Waals surface area contributed by atoms with E-state index in [0.717, 1.165) is 30.5 Å². The molecule has 4 aromatic rings. The third kappa shape index (κ3) is 3.90. The first-order valence-corrected chi connectivity index (χ1v) is 10.6. The van der Waals surface area contributed by atoms with Crippen LogP contribution in [0.15, 0.2) is 73.7 Å².